The summed E-state index contributed by atoms with van der Waals surface area (Å²) < 4.78 is 12.4. The quantitative estimate of drug-likeness (QED) is 0.211. The number of hydrogen-bond acceptors (Lipinski definition) is 3. The number of benzene rings is 3. The Morgan fingerprint density at radius 1 is 1.07 bits per heavy atom. The maximum absolute atomic E-state index is 12.3. The second-order valence-corrected chi connectivity index (χ2v) is 7.61. The molecular weight excluding hydrogens is 487 g/mol. The number of carbonyl (C=O) groups excluding carboxylic acids is 1. The van der Waals surface area contributed by atoms with E-state index in [-0.39, 0.29) is 5.78 Å². The van der Waals surface area contributed by atoms with E-state index in [1.807, 2.05) is 54.6 Å². The van der Waals surface area contributed by atoms with Crippen LogP contribution in [0.4, 0.5) is 0 Å². The molecule has 0 saturated heterocycles. The Morgan fingerprint density at radius 2 is 1.79 bits per heavy atom. The molecule has 0 aromatic heterocycles. The third-order valence-electron chi connectivity index (χ3n) is 4.03. The molecule has 3 rings (SSSR count). The molecule has 3 aromatic carbocycles. The van der Waals surface area contributed by atoms with E-state index in [0.717, 1.165) is 14.7 Å². The van der Waals surface area contributed by atoms with E-state index < -0.39 is 0 Å². The summed E-state index contributed by atoms with van der Waals surface area (Å²) in [7, 11) is 1.60. The van der Waals surface area contributed by atoms with Gasteiger partial charge in [-0.25, -0.2) is 0 Å². The van der Waals surface area contributed by atoms with Crippen molar-refractivity contribution in [1.29, 1.82) is 0 Å². The molecule has 0 radical (unpaired) electrons. The van der Waals surface area contributed by atoms with Crippen LogP contribution in [0.25, 0.3) is 6.08 Å². The molecule has 28 heavy (non-hydrogen) atoms. The number of halogens is 2. The highest BCUT2D eigenvalue weighted by Gasteiger charge is 2.11. The van der Waals surface area contributed by atoms with Crippen molar-refractivity contribution in [2.75, 3.05) is 7.11 Å². The summed E-state index contributed by atoms with van der Waals surface area (Å²) in [5.74, 6) is 1.25. The van der Waals surface area contributed by atoms with Crippen LogP contribution in [0.15, 0.2) is 72.8 Å². The zero-order valence-corrected chi connectivity index (χ0v) is 18.1. The number of ether oxygens (including phenoxy) is 2. The van der Waals surface area contributed by atoms with Crippen LogP contribution < -0.4 is 9.47 Å². The summed E-state index contributed by atoms with van der Waals surface area (Å²) >= 11 is 8.12. The number of methoxy groups -OCH3 is 1. The molecule has 0 saturated carbocycles. The first-order chi connectivity index (χ1) is 13.6. The standard InChI is InChI=1S/C23H18ClIO3/c1-27-22-14-17(9-12-21(26)18-5-3-2-4-6-18)13-20(25)23(22)28-15-16-7-10-19(24)11-8-16/h2-14H,15H2,1H3/b12-9+. The van der Waals surface area contributed by atoms with E-state index in [2.05, 4.69) is 22.6 Å². The van der Waals surface area contributed by atoms with E-state index in [4.69, 9.17) is 21.1 Å². The van der Waals surface area contributed by atoms with Crippen molar-refractivity contribution >= 4 is 46.1 Å². The van der Waals surface area contributed by atoms with E-state index >= 15 is 0 Å². The zero-order chi connectivity index (χ0) is 19.9. The fourth-order valence-corrected chi connectivity index (χ4v) is 3.49. The summed E-state index contributed by atoms with van der Waals surface area (Å²) in [6.07, 6.45) is 3.34. The van der Waals surface area contributed by atoms with Crippen LogP contribution in [0.1, 0.15) is 21.5 Å². The lowest BCUT2D eigenvalue weighted by Gasteiger charge is -2.14. The molecule has 3 nitrogen and oxygen atoms in total. The van der Waals surface area contributed by atoms with Crippen LogP contribution in [0.5, 0.6) is 11.5 Å². The first kappa shape index (κ1) is 20.4. The van der Waals surface area contributed by atoms with Crippen molar-refractivity contribution < 1.29 is 14.3 Å². The van der Waals surface area contributed by atoms with Crippen molar-refractivity contribution in [2.45, 2.75) is 6.61 Å². The van der Waals surface area contributed by atoms with Gasteiger partial charge in [-0.1, -0.05) is 60.1 Å². The average Bonchev–Trinajstić information content (AvgIpc) is 2.72. The molecule has 142 valence electrons. The largest absolute Gasteiger partial charge is 0.493 e. The predicted octanol–water partition coefficient (Wildman–Crippen LogP) is 6.43. The third kappa shape index (κ3) is 5.36. The van der Waals surface area contributed by atoms with Crippen molar-refractivity contribution in [3.63, 3.8) is 0 Å². The van der Waals surface area contributed by atoms with Gasteiger partial charge in [0.15, 0.2) is 17.3 Å². The Kier molecular flexibility index (Phi) is 7.12. The highest BCUT2D eigenvalue weighted by molar-refractivity contribution is 14.1. The van der Waals surface area contributed by atoms with E-state index in [1.54, 1.807) is 31.4 Å². The normalized spacial score (nSPS) is 10.8. The SMILES string of the molecule is COc1cc(/C=C/C(=O)c2ccccc2)cc(I)c1OCc1ccc(Cl)cc1. The second-order valence-electron chi connectivity index (χ2n) is 6.01. The molecule has 0 fully saturated rings. The molecule has 0 bridgehead atoms. The molecule has 0 aliphatic heterocycles. The molecule has 0 aliphatic carbocycles. The van der Waals surface area contributed by atoms with Gasteiger partial charge in [0.25, 0.3) is 0 Å². The average molecular weight is 505 g/mol. The summed E-state index contributed by atoms with van der Waals surface area (Å²) in [4.78, 5) is 12.3. The Balaban J connectivity index is 1.76. The second kappa shape index (κ2) is 9.75. The van der Waals surface area contributed by atoms with Crippen LogP contribution in [0, 0.1) is 3.57 Å². The molecule has 0 heterocycles. The van der Waals surface area contributed by atoms with Gasteiger partial charge in [-0.2, -0.15) is 0 Å². The first-order valence-corrected chi connectivity index (χ1v) is 10.0. The molecule has 0 amide bonds. The Hall–Kier alpha value is -2.31. The number of ketones is 1. The lowest BCUT2D eigenvalue weighted by molar-refractivity contribution is 0.104. The molecule has 5 heteroatoms. The fourth-order valence-electron chi connectivity index (χ4n) is 2.58. The molecular formula is C23H18ClIO3. The van der Waals surface area contributed by atoms with Crippen LogP contribution in [0.3, 0.4) is 0 Å². The Bertz CT molecular complexity index is 983. The molecule has 0 unspecified atom stereocenters. The van der Waals surface area contributed by atoms with Gasteiger partial charge in [-0.05, 0) is 64.1 Å². The van der Waals surface area contributed by atoms with Gasteiger partial charge in [0, 0.05) is 10.6 Å². The predicted molar refractivity (Wildman–Crippen MR) is 121 cm³/mol. The molecule has 3 aromatic rings. The monoisotopic (exact) mass is 504 g/mol. The first-order valence-electron chi connectivity index (χ1n) is 8.59. The molecule has 0 spiro atoms. The van der Waals surface area contributed by atoms with Crippen molar-refractivity contribution in [2.24, 2.45) is 0 Å². The lowest BCUT2D eigenvalue weighted by atomic mass is 10.1. The minimum atomic E-state index is -0.0439. The van der Waals surface area contributed by atoms with Gasteiger partial charge in [0.05, 0.1) is 10.7 Å². The summed E-state index contributed by atoms with van der Waals surface area (Å²) in [5.41, 5.74) is 2.53. The smallest absolute Gasteiger partial charge is 0.185 e. The van der Waals surface area contributed by atoms with Gasteiger partial charge in [-0.3, -0.25) is 4.79 Å². The van der Waals surface area contributed by atoms with Crippen LogP contribution in [-0.2, 0) is 6.61 Å². The number of hydrogen-bond donors (Lipinski definition) is 0. The van der Waals surface area contributed by atoms with E-state index in [0.29, 0.717) is 28.7 Å². The van der Waals surface area contributed by atoms with Gasteiger partial charge >= 0.3 is 0 Å². The van der Waals surface area contributed by atoms with Crippen LogP contribution in [-0.4, -0.2) is 12.9 Å². The highest BCUT2D eigenvalue weighted by Crippen LogP contribution is 2.35. The van der Waals surface area contributed by atoms with Crippen LogP contribution >= 0.6 is 34.2 Å². The third-order valence-corrected chi connectivity index (χ3v) is 5.09. The van der Waals surface area contributed by atoms with Gasteiger partial charge in [-0.15, -0.1) is 0 Å². The summed E-state index contributed by atoms with van der Waals surface area (Å²) in [6, 6.07) is 20.5. The van der Waals surface area contributed by atoms with Gasteiger partial charge in [0.2, 0.25) is 0 Å². The molecule has 0 atom stereocenters. The molecule has 0 aliphatic rings. The minimum absolute atomic E-state index is 0.0439. The molecule has 0 N–H and O–H groups in total. The maximum Gasteiger partial charge on any atom is 0.185 e. The maximum atomic E-state index is 12.3. The van der Waals surface area contributed by atoms with Gasteiger partial charge < -0.3 is 9.47 Å². The lowest BCUT2D eigenvalue weighted by Crippen LogP contribution is -2.00. The topological polar surface area (TPSA) is 35.5 Å². The van der Waals surface area contributed by atoms with Gasteiger partial charge in [0.1, 0.15) is 6.61 Å². The van der Waals surface area contributed by atoms with E-state index in [9.17, 15) is 4.79 Å². The Morgan fingerprint density at radius 3 is 2.46 bits per heavy atom. The fraction of sp³-hybridized carbons (Fsp3) is 0.0870. The zero-order valence-electron chi connectivity index (χ0n) is 15.2. The van der Waals surface area contributed by atoms with E-state index in [1.165, 1.54) is 0 Å². The highest BCUT2D eigenvalue weighted by atomic mass is 127. The van der Waals surface area contributed by atoms with Crippen molar-refractivity contribution in [1.82, 2.24) is 0 Å². The number of carbonyl (C=O) groups is 1. The summed E-state index contributed by atoms with van der Waals surface area (Å²) in [6.45, 7) is 0.408. The van der Waals surface area contributed by atoms with Crippen molar-refractivity contribution in [3.8, 4) is 11.5 Å². The number of rotatable bonds is 7. The Labute approximate surface area is 183 Å². The minimum Gasteiger partial charge on any atom is -0.493 e. The van der Waals surface area contributed by atoms with Crippen molar-refractivity contribution in [3.05, 3.63) is 98.1 Å². The summed E-state index contributed by atoms with van der Waals surface area (Å²) in [5, 5.41) is 0.692. The number of allylic oxidation sites excluding steroid dienone is 1. The van der Waals surface area contributed by atoms with Crippen LogP contribution in [0.2, 0.25) is 5.02 Å².